The van der Waals surface area contributed by atoms with E-state index in [0.29, 0.717) is 5.54 Å². The molecule has 0 aromatic carbocycles. The summed E-state index contributed by atoms with van der Waals surface area (Å²) in [4.78, 5) is 0. The van der Waals surface area contributed by atoms with Crippen molar-refractivity contribution < 1.29 is 0 Å². The molecule has 1 heterocycles. The Bertz CT molecular complexity index is 348. The topological polar surface area (TPSA) is 29.9 Å². The summed E-state index contributed by atoms with van der Waals surface area (Å²) < 4.78 is 1.98. The van der Waals surface area contributed by atoms with Crippen molar-refractivity contribution in [2.45, 2.75) is 38.6 Å². The number of rotatable bonds is 3. The number of aromatic nitrogens is 2. The summed E-state index contributed by atoms with van der Waals surface area (Å²) in [6, 6.07) is 0. The van der Waals surface area contributed by atoms with Crippen LogP contribution in [-0.2, 0) is 13.5 Å². The van der Waals surface area contributed by atoms with Crippen LogP contribution in [0.1, 0.15) is 29.8 Å². The molecule has 0 unspecified atom stereocenters. The molecule has 1 aliphatic carbocycles. The van der Waals surface area contributed by atoms with Crippen LogP contribution in [-0.4, -0.2) is 22.4 Å². The van der Waals surface area contributed by atoms with Gasteiger partial charge in [0.2, 0.25) is 0 Å². The lowest BCUT2D eigenvalue weighted by atomic mass is 10.0. The van der Waals surface area contributed by atoms with Gasteiger partial charge in [0.1, 0.15) is 0 Å². The molecule has 3 heteroatoms. The minimum Gasteiger partial charge on any atom is -0.314 e. The average Bonchev–Trinajstić information content (AvgIpc) is 2.88. The van der Waals surface area contributed by atoms with Gasteiger partial charge in [0.15, 0.2) is 0 Å². The lowest BCUT2D eigenvalue weighted by molar-refractivity contribution is 0.546. The van der Waals surface area contributed by atoms with Gasteiger partial charge in [-0.15, -0.1) is 0 Å². The fraction of sp³-hybridized carbons (Fsp3) is 0.727. The summed E-state index contributed by atoms with van der Waals surface area (Å²) >= 11 is 0. The summed E-state index contributed by atoms with van der Waals surface area (Å²) in [5.41, 5.74) is 4.31. The SMILES string of the molecule is CNC1(Cc2c(C)nn(C)c2C)CC1. The van der Waals surface area contributed by atoms with E-state index < -0.39 is 0 Å². The zero-order chi connectivity index (χ0) is 10.3. The first-order chi connectivity index (χ1) is 6.58. The number of hydrogen-bond acceptors (Lipinski definition) is 2. The lowest BCUT2D eigenvalue weighted by Crippen LogP contribution is -2.30. The Balaban J connectivity index is 2.24. The highest BCUT2D eigenvalue weighted by Gasteiger charge is 2.41. The second-order valence-corrected chi connectivity index (χ2v) is 4.48. The Morgan fingerprint density at radius 3 is 2.43 bits per heavy atom. The van der Waals surface area contributed by atoms with Crippen molar-refractivity contribution in [2.75, 3.05) is 7.05 Å². The number of aryl methyl sites for hydroxylation is 2. The molecule has 0 aliphatic heterocycles. The summed E-state index contributed by atoms with van der Waals surface area (Å²) in [5, 5.41) is 7.87. The van der Waals surface area contributed by atoms with Crippen molar-refractivity contribution >= 4 is 0 Å². The van der Waals surface area contributed by atoms with Gasteiger partial charge in [0.05, 0.1) is 5.69 Å². The molecule has 2 rings (SSSR count). The van der Waals surface area contributed by atoms with Gasteiger partial charge in [0, 0.05) is 18.3 Å². The van der Waals surface area contributed by atoms with Gasteiger partial charge >= 0.3 is 0 Å². The molecule has 1 aliphatic rings. The van der Waals surface area contributed by atoms with Crippen molar-refractivity contribution in [3.8, 4) is 0 Å². The molecule has 1 aromatic heterocycles. The normalized spacial score (nSPS) is 18.6. The van der Waals surface area contributed by atoms with Crippen molar-refractivity contribution in [1.82, 2.24) is 15.1 Å². The zero-order valence-electron chi connectivity index (χ0n) is 9.52. The molecule has 0 spiro atoms. The summed E-state index contributed by atoms with van der Waals surface area (Å²) in [5.74, 6) is 0. The Kier molecular flexibility index (Phi) is 2.14. The third-order valence-corrected chi connectivity index (χ3v) is 3.56. The lowest BCUT2D eigenvalue weighted by Gasteiger charge is -2.13. The second kappa shape index (κ2) is 3.09. The van der Waals surface area contributed by atoms with Gasteiger partial charge in [0.25, 0.3) is 0 Å². The van der Waals surface area contributed by atoms with Crippen LogP contribution in [0.15, 0.2) is 0 Å². The first kappa shape index (κ1) is 9.71. The molecule has 78 valence electrons. The highest BCUT2D eigenvalue weighted by molar-refractivity contribution is 5.28. The van der Waals surface area contributed by atoms with Crippen molar-refractivity contribution in [2.24, 2.45) is 7.05 Å². The van der Waals surface area contributed by atoms with E-state index in [1.807, 2.05) is 11.7 Å². The molecule has 0 bridgehead atoms. The van der Waals surface area contributed by atoms with Gasteiger partial charge in [-0.25, -0.2) is 0 Å². The Morgan fingerprint density at radius 1 is 1.43 bits per heavy atom. The maximum Gasteiger partial charge on any atom is 0.0629 e. The Hall–Kier alpha value is -0.830. The molecule has 0 amide bonds. The number of hydrogen-bond donors (Lipinski definition) is 1. The van der Waals surface area contributed by atoms with Gasteiger partial charge in [-0.1, -0.05) is 0 Å². The third kappa shape index (κ3) is 1.46. The maximum absolute atomic E-state index is 4.45. The highest BCUT2D eigenvalue weighted by Crippen LogP contribution is 2.39. The summed E-state index contributed by atoms with van der Waals surface area (Å²) in [6.45, 7) is 4.26. The van der Waals surface area contributed by atoms with Crippen LogP contribution in [0.2, 0.25) is 0 Å². The zero-order valence-corrected chi connectivity index (χ0v) is 9.52. The molecular formula is C11H19N3. The van der Waals surface area contributed by atoms with Crippen molar-refractivity contribution in [3.63, 3.8) is 0 Å². The fourth-order valence-electron chi connectivity index (χ4n) is 2.08. The van der Waals surface area contributed by atoms with E-state index in [-0.39, 0.29) is 0 Å². The molecule has 14 heavy (non-hydrogen) atoms. The van der Waals surface area contributed by atoms with Crippen LogP contribution in [0.5, 0.6) is 0 Å². The van der Waals surface area contributed by atoms with Gasteiger partial charge in [-0.05, 0) is 45.7 Å². The van der Waals surface area contributed by atoms with Crippen LogP contribution in [0, 0.1) is 13.8 Å². The van der Waals surface area contributed by atoms with E-state index in [1.54, 1.807) is 0 Å². The Labute approximate surface area is 85.5 Å². The summed E-state index contributed by atoms with van der Waals surface area (Å²) in [6.07, 6.45) is 3.74. The van der Waals surface area contributed by atoms with E-state index in [0.717, 1.165) is 6.42 Å². The van der Waals surface area contributed by atoms with Gasteiger partial charge < -0.3 is 5.32 Å². The quantitative estimate of drug-likeness (QED) is 0.785. The number of nitrogens with one attached hydrogen (secondary N) is 1. The first-order valence-corrected chi connectivity index (χ1v) is 5.26. The number of nitrogens with zero attached hydrogens (tertiary/aromatic N) is 2. The van der Waals surface area contributed by atoms with E-state index in [1.165, 1.54) is 29.8 Å². The van der Waals surface area contributed by atoms with Crippen molar-refractivity contribution in [3.05, 3.63) is 17.0 Å². The smallest absolute Gasteiger partial charge is 0.0629 e. The summed E-state index contributed by atoms with van der Waals surface area (Å²) in [7, 11) is 4.08. The molecule has 3 nitrogen and oxygen atoms in total. The molecule has 0 radical (unpaired) electrons. The average molecular weight is 193 g/mol. The number of likely N-dealkylation sites (N-methyl/N-ethyl adjacent to an activating group) is 1. The molecule has 0 saturated heterocycles. The highest BCUT2D eigenvalue weighted by atomic mass is 15.3. The standard InChI is InChI=1S/C11H19N3/c1-8-10(9(2)14(4)13-8)7-11(12-3)5-6-11/h12H,5-7H2,1-4H3. The molecule has 1 fully saturated rings. The van der Waals surface area contributed by atoms with Crippen LogP contribution in [0.4, 0.5) is 0 Å². The van der Waals surface area contributed by atoms with Crippen LogP contribution in [0.3, 0.4) is 0 Å². The van der Waals surface area contributed by atoms with E-state index >= 15 is 0 Å². The van der Waals surface area contributed by atoms with Crippen LogP contribution < -0.4 is 5.32 Å². The predicted octanol–water partition coefficient (Wildman–Crippen LogP) is 1.33. The van der Waals surface area contributed by atoms with E-state index in [4.69, 9.17) is 0 Å². The third-order valence-electron chi connectivity index (χ3n) is 3.56. The van der Waals surface area contributed by atoms with Gasteiger partial charge in [-0.2, -0.15) is 5.10 Å². The molecule has 0 atom stereocenters. The second-order valence-electron chi connectivity index (χ2n) is 4.48. The predicted molar refractivity (Wildman–Crippen MR) is 57.4 cm³/mol. The largest absolute Gasteiger partial charge is 0.314 e. The minimum absolute atomic E-state index is 0.387. The Morgan fingerprint density at radius 2 is 2.07 bits per heavy atom. The van der Waals surface area contributed by atoms with E-state index in [2.05, 4.69) is 31.3 Å². The van der Waals surface area contributed by atoms with Crippen LogP contribution in [0.25, 0.3) is 0 Å². The monoisotopic (exact) mass is 193 g/mol. The minimum atomic E-state index is 0.387. The molecule has 1 N–H and O–H groups in total. The van der Waals surface area contributed by atoms with E-state index in [9.17, 15) is 0 Å². The molecule has 1 saturated carbocycles. The maximum atomic E-state index is 4.45. The molecule has 1 aromatic rings. The van der Waals surface area contributed by atoms with Crippen LogP contribution >= 0.6 is 0 Å². The van der Waals surface area contributed by atoms with Gasteiger partial charge in [-0.3, -0.25) is 4.68 Å². The first-order valence-electron chi connectivity index (χ1n) is 5.26. The fourth-order valence-corrected chi connectivity index (χ4v) is 2.08. The van der Waals surface area contributed by atoms with Crippen molar-refractivity contribution in [1.29, 1.82) is 0 Å². The molecular weight excluding hydrogens is 174 g/mol.